The number of hydrogen-bond donors (Lipinski definition) is 2. The monoisotopic (exact) mass is 434 g/mol. The normalized spacial score (nSPS) is 11.2. The molecular formula is C20H17F3N4O4. The summed E-state index contributed by atoms with van der Waals surface area (Å²) in [4.78, 5) is 37.7. The molecular weight excluding hydrogens is 417 g/mol. The molecule has 3 aromatic rings. The maximum absolute atomic E-state index is 12.2. The highest BCUT2D eigenvalue weighted by Crippen LogP contribution is 2.22. The number of nitrogens with one attached hydrogen (secondary N) is 2. The Balaban J connectivity index is 1.65. The number of rotatable bonds is 7. The zero-order valence-electron chi connectivity index (χ0n) is 16.0. The van der Waals surface area contributed by atoms with Crippen LogP contribution in [0.2, 0.25) is 0 Å². The standard InChI is InChI=1S/C20H17F3N4O4/c21-20(22,23)12-31-15-4-2-14(3-5-15)16-6-8-19(30)27(26-16)11-18(29)25-10-13-1-7-17(28)24-9-13/h1-9H,10-12H2,(H,24,28)(H,25,29). The van der Waals surface area contributed by atoms with Gasteiger partial charge in [-0.1, -0.05) is 6.07 Å². The van der Waals surface area contributed by atoms with Gasteiger partial charge in [0.15, 0.2) is 6.61 Å². The zero-order chi connectivity index (χ0) is 22.4. The van der Waals surface area contributed by atoms with E-state index < -0.39 is 24.2 Å². The fraction of sp³-hybridized carbons (Fsp3) is 0.200. The van der Waals surface area contributed by atoms with Crippen LogP contribution < -0.4 is 21.2 Å². The molecule has 162 valence electrons. The Bertz CT molecular complexity index is 1150. The van der Waals surface area contributed by atoms with E-state index in [1.54, 1.807) is 6.07 Å². The first-order valence-electron chi connectivity index (χ1n) is 9.02. The van der Waals surface area contributed by atoms with Gasteiger partial charge in [-0.15, -0.1) is 0 Å². The van der Waals surface area contributed by atoms with Crippen molar-refractivity contribution in [2.24, 2.45) is 0 Å². The van der Waals surface area contributed by atoms with Crippen LogP contribution in [-0.4, -0.2) is 33.5 Å². The van der Waals surface area contributed by atoms with Crippen LogP contribution in [0.15, 0.2) is 64.3 Å². The molecule has 8 nitrogen and oxygen atoms in total. The minimum atomic E-state index is -4.44. The summed E-state index contributed by atoms with van der Waals surface area (Å²) in [6, 6.07) is 11.3. The van der Waals surface area contributed by atoms with Crippen LogP contribution in [0.25, 0.3) is 11.3 Å². The maximum atomic E-state index is 12.2. The second-order valence-electron chi connectivity index (χ2n) is 6.48. The predicted octanol–water partition coefficient (Wildman–Crippen LogP) is 1.86. The van der Waals surface area contributed by atoms with Crippen LogP contribution in [0, 0.1) is 0 Å². The molecule has 0 saturated carbocycles. The number of aromatic amines is 1. The number of alkyl halides is 3. The minimum Gasteiger partial charge on any atom is -0.484 e. The first-order chi connectivity index (χ1) is 14.7. The molecule has 0 aliphatic rings. The Labute approximate surface area is 173 Å². The highest BCUT2D eigenvalue weighted by molar-refractivity contribution is 5.75. The van der Waals surface area contributed by atoms with Crippen molar-refractivity contribution in [1.82, 2.24) is 20.1 Å². The molecule has 0 atom stereocenters. The molecule has 0 unspecified atom stereocenters. The van der Waals surface area contributed by atoms with Gasteiger partial charge in [0, 0.05) is 30.4 Å². The molecule has 0 spiro atoms. The lowest BCUT2D eigenvalue weighted by Gasteiger charge is -2.10. The summed E-state index contributed by atoms with van der Waals surface area (Å²) in [5.74, 6) is -0.426. The topological polar surface area (TPSA) is 106 Å². The number of ether oxygens (including phenoxy) is 1. The molecule has 0 saturated heterocycles. The number of benzene rings is 1. The number of amides is 1. The lowest BCUT2D eigenvalue weighted by Crippen LogP contribution is -2.33. The number of nitrogens with zero attached hydrogens (tertiary/aromatic N) is 2. The van der Waals surface area contributed by atoms with Gasteiger partial charge >= 0.3 is 6.18 Å². The molecule has 3 rings (SSSR count). The molecule has 2 heterocycles. The number of H-pyrrole nitrogens is 1. The van der Waals surface area contributed by atoms with E-state index >= 15 is 0 Å². The molecule has 2 aromatic heterocycles. The van der Waals surface area contributed by atoms with Crippen molar-refractivity contribution in [1.29, 1.82) is 0 Å². The Hall–Kier alpha value is -3.89. The first kappa shape index (κ1) is 21.8. The van der Waals surface area contributed by atoms with E-state index in [1.165, 1.54) is 48.7 Å². The summed E-state index contributed by atoms with van der Waals surface area (Å²) in [6.07, 6.45) is -2.97. The summed E-state index contributed by atoms with van der Waals surface area (Å²) in [7, 11) is 0. The fourth-order valence-electron chi connectivity index (χ4n) is 2.55. The van der Waals surface area contributed by atoms with E-state index in [9.17, 15) is 27.6 Å². The van der Waals surface area contributed by atoms with Crippen LogP contribution >= 0.6 is 0 Å². The van der Waals surface area contributed by atoms with E-state index in [2.05, 4.69) is 20.1 Å². The smallest absolute Gasteiger partial charge is 0.422 e. The van der Waals surface area contributed by atoms with Gasteiger partial charge in [0.25, 0.3) is 5.56 Å². The number of carbonyl (C=O) groups excluding carboxylic acids is 1. The number of hydrogen-bond acceptors (Lipinski definition) is 5. The van der Waals surface area contributed by atoms with Crippen LogP contribution in [-0.2, 0) is 17.9 Å². The summed E-state index contributed by atoms with van der Waals surface area (Å²) in [5.41, 5.74) is 0.808. The number of pyridine rings is 1. The molecule has 0 bridgehead atoms. The van der Waals surface area contributed by atoms with E-state index in [-0.39, 0.29) is 24.4 Å². The molecule has 0 radical (unpaired) electrons. The second kappa shape index (κ2) is 9.28. The molecule has 11 heteroatoms. The van der Waals surface area contributed by atoms with Gasteiger partial charge in [-0.05, 0) is 35.9 Å². The summed E-state index contributed by atoms with van der Waals surface area (Å²) >= 11 is 0. The molecule has 31 heavy (non-hydrogen) atoms. The van der Waals surface area contributed by atoms with Crippen molar-refractivity contribution in [3.8, 4) is 17.0 Å². The van der Waals surface area contributed by atoms with Gasteiger partial charge in [0.2, 0.25) is 11.5 Å². The highest BCUT2D eigenvalue weighted by Gasteiger charge is 2.28. The number of carbonyl (C=O) groups is 1. The molecule has 1 aromatic carbocycles. The molecule has 1 amide bonds. The average Bonchev–Trinajstić information content (AvgIpc) is 2.73. The lowest BCUT2D eigenvalue weighted by molar-refractivity contribution is -0.153. The van der Waals surface area contributed by atoms with Gasteiger partial charge in [-0.3, -0.25) is 14.4 Å². The Kier molecular flexibility index (Phi) is 6.53. The highest BCUT2D eigenvalue weighted by atomic mass is 19.4. The number of aromatic nitrogens is 3. The van der Waals surface area contributed by atoms with Crippen molar-refractivity contribution in [2.75, 3.05) is 6.61 Å². The second-order valence-corrected chi connectivity index (χ2v) is 6.48. The van der Waals surface area contributed by atoms with E-state index in [0.717, 1.165) is 4.68 Å². The van der Waals surface area contributed by atoms with Crippen LogP contribution in [0.4, 0.5) is 13.2 Å². The molecule has 2 N–H and O–H groups in total. The van der Waals surface area contributed by atoms with Crippen molar-refractivity contribution < 1.29 is 22.7 Å². The first-order valence-corrected chi connectivity index (χ1v) is 9.02. The number of halogens is 3. The summed E-state index contributed by atoms with van der Waals surface area (Å²) < 4.78 is 42.3. The third kappa shape index (κ3) is 6.56. The summed E-state index contributed by atoms with van der Waals surface area (Å²) in [6.45, 7) is -1.57. The van der Waals surface area contributed by atoms with E-state index in [0.29, 0.717) is 16.8 Å². The fourth-order valence-corrected chi connectivity index (χ4v) is 2.55. The van der Waals surface area contributed by atoms with E-state index in [4.69, 9.17) is 0 Å². The van der Waals surface area contributed by atoms with Crippen molar-refractivity contribution in [3.63, 3.8) is 0 Å². The minimum absolute atomic E-state index is 0.0380. The average molecular weight is 434 g/mol. The van der Waals surface area contributed by atoms with Gasteiger partial charge in [0.05, 0.1) is 5.69 Å². The summed E-state index contributed by atoms with van der Waals surface area (Å²) in [5, 5.41) is 6.76. The van der Waals surface area contributed by atoms with Crippen LogP contribution in [0.5, 0.6) is 5.75 Å². The van der Waals surface area contributed by atoms with Gasteiger partial charge in [-0.2, -0.15) is 18.3 Å². The predicted molar refractivity (Wildman–Crippen MR) is 104 cm³/mol. The van der Waals surface area contributed by atoms with Crippen molar-refractivity contribution in [3.05, 3.63) is 81.0 Å². The lowest BCUT2D eigenvalue weighted by atomic mass is 10.1. The zero-order valence-corrected chi connectivity index (χ0v) is 16.0. The van der Waals surface area contributed by atoms with Crippen LogP contribution in [0.1, 0.15) is 5.56 Å². The van der Waals surface area contributed by atoms with Crippen molar-refractivity contribution >= 4 is 5.91 Å². The molecule has 0 fully saturated rings. The van der Waals surface area contributed by atoms with E-state index in [1.807, 2.05) is 0 Å². The van der Waals surface area contributed by atoms with Gasteiger partial charge in [0.1, 0.15) is 12.3 Å². The largest absolute Gasteiger partial charge is 0.484 e. The Morgan fingerprint density at radius 2 is 1.81 bits per heavy atom. The third-order valence-electron chi connectivity index (χ3n) is 4.05. The Morgan fingerprint density at radius 3 is 2.45 bits per heavy atom. The quantitative estimate of drug-likeness (QED) is 0.591. The van der Waals surface area contributed by atoms with Gasteiger partial charge < -0.3 is 15.0 Å². The SMILES string of the molecule is O=C(Cn1nc(-c2ccc(OCC(F)(F)F)cc2)ccc1=O)NCc1ccc(=O)[nH]c1. The van der Waals surface area contributed by atoms with Gasteiger partial charge in [-0.25, -0.2) is 4.68 Å². The molecule has 0 aliphatic carbocycles. The molecule has 0 aliphatic heterocycles. The Morgan fingerprint density at radius 1 is 1.06 bits per heavy atom. The maximum Gasteiger partial charge on any atom is 0.422 e. The van der Waals surface area contributed by atoms with Crippen LogP contribution in [0.3, 0.4) is 0 Å². The third-order valence-corrected chi connectivity index (χ3v) is 4.05. The van der Waals surface area contributed by atoms with Crippen molar-refractivity contribution in [2.45, 2.75) is 19.3 Å².